The molecule has 0 aliphatic rings. The molecule has 0 heterocycles. The number of thiocarbonyl (C=S) groups is 1. The van der Waals surface area contributed by atoms with Crippen LogP contribution in [0.5, 0.6) is 0 Å². The molecule has 0 aliphatic carbocycles. The fraction of sp³-hybridized carbons (Fsp3) is 0.0870. The van der Waals surface area contributed by atoms with Gasteiger partial charge in [-0.1, -0.05) is 60.7 Å². The molecule has 3 rings (SSSR count). The first-order chi connectivity index (χ1) is 14.1. The Bertz CT molecular complexity index is 974. The molecule has 0 aromatic heterocycles. The summed E-state index contributed by atoms with van der Waals surface area (Å²) in [5.41, 5.74) is 3.19. The van der Waals surface area contributed by atoms with Crippen LogP contribution in [-0.2, 0) is 17.8 Å². The lowest BCUT2D eigenvalue weighted by Crippen LogP contribution is -2.35. The maximum absolute atomic E-state index is 12.3. The molecule has 146 valence electrons. The molecule has 2 amide bonds. The van der Waals surface area contributed by atoms with Gasteiger partial charge in [0.05, 0.1) is 6.42 Å². The second-order valence-corrected chi connectivity index (χ2v) is 6.82. The second kappa shape index (κ2) is 10.1. The molecule has 6 heteroatoms. The van der Waals surface area contributed by atoms with E-state index in [4.69, 9.17) is 12.2 Å². The van der Waals surface area contributed by atoms with Gasteiger partial charge in [-0.25, -0.2) is 0 Å². The quantitative estimate of drug-likeness (QED) is 0.549. The predicted octanol–water partition coefficient (Wildman–Crippen LogP) is 3.67. The lowest BCUT2D eigenvalue weighted by atomic mass is 10.1. The Labute approximate surface area is 175 Å². The molecule has 3 aromatic rings. The van der Waals surface area contributed by atoms with Crippen LogP contribution in [0.4, 0.5) is 5.69 Å². The molecular weight excluding hydrogens is 382 g/mol. The number of hydrogen-bond acceptors (Lipinski definition) is 3. The molecule has 0 aliphatic heterocycles. The average Bonchev–Trinajstić information content (AvgIpc) is 2.74. The molecule has 5 nitrogen and oxygen atoms in total. The minimum absolute atomic E-state index is 0.154. The van der Waals surface area contributed by atoms with E-state index in [-0.39, 0.29) is 23.3 Å². The first-order valence-corrected chi connectivity index (χ1v) is 9.58. The van der Waals surface area contributed by atoms with E-state index in [9.17, 15) is 9.59 Å². The summed E-state index contributed by atoms with van der Waals surface area (Å²) in [6.45, 7) is 0.469. The molecule has 3 N–H and O–H groups in total. The zero-order chi connectivity index (χ0) is 20.5. The maximum Gasteiger partial charge on any atom is 0.251 e. The fourth-order valence-electron chi connectivity index (χ4n) is 2.70. The Kier molecular flexibility index (Phi) is 7.08. The third-order valence-corrected chi connectivity index (χ3v) is 4.37. The van der Waals surface area contributed by atoms with Gasteiger partial charge in [0.1, 0.15) is 0 Å². The van der Waals surface area contributed by atoms with E-state index < -0.39 is 0 Å². The van der Waals surface area contributed by atoms with E-state index in [0.29, 0.717) is 17.8 Å². The summed E-state index contributed by atoms with van der Waals surface area (Å²) in [5.74, 6) is -0.343. The largest absolute Gasteiger partial charge is 0.348 e. The Balaban J connectivity index is 1.47. The van der Waals surface area contributed by atoms with Gasteiger partial charge in [-0.2, -0.15) is 0 Å². The van der Waals surface area contributed by atoms with Crippen molar-refractivity contribution in [2.24, 2.45) is 0 Å². The normalized spacial score (nSPS) is 10.1. The van der Waals surface area contributed by atoms with Gasteiger partial charge in [-0.15, -0.1) is 0 Å². The molecule has 0 atom stereocenters. The molecular formula is C23H21N3O2S. The van der Waals surface area contributed by atoms with Crippen LogP contribution < -0.4 is 16.0 Å². The fourth-order valence-corrected chi connectivity index (χ4v) is 2.93. The molecule has 0 unspecified atom stereocenters. The standard InChI is InChI=1S/C23H21N3O2S/c27-21(15-17-7-3-1-4-8-17)26-23(29)25-20-13-11-19(12-14-20)22(28)24-16-18-9-5-2-6-10-18/h1-14H,15-16H2,(H,24,28)(H2,25,26,27,29). The molecule has 0 saturated carbocycles. The summed E-state index contributed by atoms with van der Waals surface area (Å²) in [4.78, 5) is 24.3. The topological polar surface area (TPSA) is 70.2 Å². The van der Waals surface area contributed by atoms with E-state index in [1.54, 1.807) is 24.3 Å². The van der Waals surface area contributed by atoms with Crippen molar-refractivity contribution >= 4 is 34.8 Å². The first-order valence-electron chi connectivity index (χ1n) is 9.17. The highest BCUT2D eigenvalue weighted by atomic mass is 32.1. The molecule has 0 saturated heterocycles. The highest BCUT2D eigenvalue weighted by Crippen LogP contribution is 2.10. The number of nitrogens with one attached hydrogen (secondary N) is 3. The van der Waals surface area contributed by atoms with Crippen molar-refractivity contribution in [2.45, 2.75) is 13.0 Å². The molecule has 3 aromatic carbocycles. The predicted molar refractivity (Wildman–Crippen MR) is 119 cm³/mol. The summed E-state index contributed by atoms with van der Waals surface area (Å²) < 4.78 is 0. The number of hydrogen-bond donors (Lipinski definition) is 3. The van der Waals surface area contributed by atoms with Crippen molar-refractivity contribution in [3.63, 3.8) is 0 Å². The van der Waals surface area contributed by atoms with Gasteiger partial charge in [-0.05, 0) is 47.6 Å². The Hall–Kier alpha value is -3.51. The number of rotatable bonds is 6. The van der Waals surface area contributed by atoms with Crippen LogP contribution >= 0.6 is 12.2 Å². The molecule has 0 spiro atoms. The highest BCUT2D eigenvalue weighted by Gasteiger charge is 2.08. The minimum atomic E-state index is -0.189. The van der Waals surface area contributed by atoms with Gasteiger partial charge >= 0.3 is 0 Å². The summed E-state index contributed by atoms with van der Waals surface area (Å²) >= 11 is 5.19. The van der Waals surface area contributed by atoms with Crippen LogP contribution in [0.25, 0.3) is 0 Å². The zero-order valence-electron chi connectivity index (χ0n) is 15.7. The van der Waals surface area contributed by atoms with Crippen LogP contribution in [-0.4, -0.2) is 16.9 Å². The zero-order valence-corrected chi connectivity index (χ0v) is 16.5. The number of benzene rings is 3. The number of carbonyl (C=O) groups is 2. The van der Waals surface area contributed by atoms with Crippen molar-refractivity contribution in [2.75, 3.05) is 5.32 Å². The lowest BCUT2D eigenvalue weighted by Gasteiger charge is -2.10. The second-order valence-electron chi connectivity index (χ2n) is 6.41. The monoisotopic (exact) mass is 403 g/mol. The van der Waals surface area contributed by atoms with Crippen molar-refractivity contribution < 1.29 is 9.59 Å². The maximum atomic E-state index is 12.3. The Morgan fingerprint density at radius 1 is 0.759 bits per heavy atom. The van der Waals surface area contributed by atoms with Crippen LogP contribution in [0.3, 0.4) is 0 Å². The third-order valence-electron chi connectivity index (χ3n) is 4.16. The van der Waals surface area contributed by atoms with Gasteiger partial charge in [0.25, 0.3) is 5.91 Å². The van der Waals surface area contributed by atoms with Crippen molar-refractivity contribution in [1.82, 2.24) is 10.6 Å². The Morgan fingerprint density at radius 2 is 1.34 bits per heavy atom. The molecule has 0 fully saturated rings. The van der Waals surface area contributed by atoms with Crippen molar-refractivity contribution in [1.29, 1.82) is 0 Å². The summed E-state index contributed by atoms with van der Waals surface area (Å²) in [6.07, 6.45) is 0.253. The Morgan fingerprint density at radius 3 is 1.97 bits per heavy atom. The number of amides is 2. The number of anilines is 1. The molecule has 0 bridgehead atoms. The van der Waals surface area contributed by atoms with Crippen LogP contribution in [0.1, 0.15) is 21.5 Å². The highest BCUT2D eigenvalue weighted by molar-refractivity contribution is 7.80. The number of carbonyl (C=O) groups excluding carboxylic acids is 2. The van der Waals surface area contributed by atoms with Gasteiger partial charge in [-0.3, -0.25) is 9.59 Å². The molecule has 0 radical (unpaired) electrons. The van der Waals surface area contributed by atoms with Crippen LogP contribution in [0.2, 0.25) is 0 Å². The third kappa shape index (κ3) is 6.55. The van der Waals surface area contributed by atoms with Gasteiger partial charge < -0.3 is 16.0 Å². The molecule has 29 heavy (non-hydrogen) atoms. The van der Waals surface area contributed by atoms with E-state index in [0.717, 1.165) is 11.1 Å². The van der Waals surface area contributed by atoms with Crippen molar-refractivity contribution in [3.8, 4) is 0 Å². The van der Waals surface area contributed by atoms with Crippen LogP contribution in [0, 0.1) is 0 Å². The summed E-state index contributed by atoms with van der Waals surface area (Å²) in [6, 6.07) is 26.1. The lowest BCUT2D eigenvalue weighted by molar-refractivity contribution is -0.119. The minimum Gasteiger partial charge on any atom is -0.348 e. The van der Waals surface area contributed by atoms with Gasteiger partial charge in [0.2, 0.25) is 5.91 Å². The van der Waals surface area contributed by atoms with Gasteiger partial charge in [0, 0.05) is 17.8 Å². The van der Waals surface area contributed by atoms with Crippen LogP contribution in [0.15, 0.2) is 84.9 Å². The first kappa shape index (κ1) is 20.2. The van der Waals surface area contributed by atoms with Gasteiger partial charge in [0.15, 0.2) is 5.11 Å². The van der Waals surface area contributed by atoms with E-state index in [1.807, 2.05) is 60.7 Å². The van der Waals surface area contributed by atoms with E-state index in [1.165, 1.54) is 0 Å². The SMILES string of the molecule is O=C(Cc1ccccc1)NC(=S)Nc1ccc(C(=O)NCc2ccccc2)cc1. The summed E-state index contributed by atoms with van der Waals surface area (Å²) in [7, 11) is 0. The van der Waals surface area contributed by atoms with Crippen molar-refractivity contribution in [3.05, 3.63) is 102 Å². The smallest absolute Gasteiger partial charge is 0.251 e. The van der Waals surface area contributed by atoms with E-state index >= 15 is 0 Å². The van der Waals surface area contributed by atoms with E-state index in [2.05, 4.69) is 16.0 Å². The summed E-state index contributed by atoms with van der Waals surface area (Å²) in [5, 5.41) is 8.70. The average molecular weight is 404 g/mol.